The number of ether oxygens (including phenoxy) is 1. The van der Waals surface area contributed by atoms with E-state index in [0.717, 1.165) is 31.6 Å². The molecule has 5 nitrogen and oxygen atoms in total. The summed E-state index contributed by atoms with van der Waals surface area (Å²) in [5.41, 5.74) is 7.01. The molecule has 6 heteroatoms. The van der Waals surface area contributed by atoms with Gasteiger partial charge < -0.3 is 15.4 Å². The maximum absolute atomic E-state index is 11.1. The summed E-state index contributed by atoms with van der Waals surface area (Å²) in [4.78, 5) is 2.28. The van der Waals surface area contributed by atoms with E-state index in [1.54, 1.807) is 0 Å². The fourth-order valence-corrected chi connectivity index (χ4v) is 2.62. The molecule has 1 heterocycles. The highest BCUT2D eigenvalue weighted by Crippen LogP contribution is 2.24. The van der Waals surface area contributed by atoms with Crippen molar-refractivity contribution in [1.82, 2.24) is 0 Å². The summed E-state index contributed by atoms with van der Waals surface area (Å²) in [6, 6.07) is 8.08. The Hall–Kier alpha value is -1.27. The summed E-state index contributed by atoms with van der Waals surface area (Å²) in [7, 11) is -2.98. The molecule has 0 saturated carbocycles. The number of hydrogen-bond acceptors (Lipinski definition) is 5. The molecule has 0 amide bonds. The molecule has 1 aliphatic heterocycles. The van der Waals surface area contributed by atoms with Crippen molar-refractivity contribution in [3.63, 3.8) is 0 Å². The van der Waals surface area contributed by atoms with E-state index in [4.69, 9.17) is 10.5 Å². The second kappa shape index (κ2) is 6.45. The van der Waals surface area contributed by atoms with Crippen LogP contribution in [-0.4, -0.2) is 46.2 Å². The van der Waals surface area contributed by atoms with Crippen molar-refractivity contribution in [3.05, 3.63) is 24.3 Å². The van der Waals surface area contributed by atoms with E-state index in [9.17, 15) is 8.42 Å². The second-order valence-corrected chi connectivity index (χ2v) is 7.56. The van der Waals surface area contributed by atoms with Gasteiger partial charge in [-0.2, -0.15) is 0 Å². The normalized spacial score (nSPS) is 17.2. The minimum atomic E-state index is -2.98. The van der Waals surface area contributed by atoms with Crippen molar-refractivity contribution >= 4 is 15.5 Å². The summed E-state index contributed by atoms with van der Waals surface area (Å²) < 4.78 is 27.6. The van der Waals surface area contributed by atoms with Crippen LogP contribution in [0.2, 0.25) is 0 Å². The molecule has 2 rings (SSSR count). The molecule has 1 aromatic rings. The van der Waals surface area contributed by atoms with Crippen molar-refractivity contribution < 1.29 is 13.2 Å². The average molecular weight is 298 g/mol. The smallest absolute Gasteiger partial charge is 0.150 e. The van der Waals surface area contributed by atoms with E-state index in [1.165, 1.54) is 6.26 Å². The van der Waals surface area contributed by atoms with E-state index in [0.29, 0.717) is 11.8 Å². The van der Waals surface area contributed by atoms with Gasteiger partial charge in [0.2, 0.25) is 0 Å². The SMILES string of the molecule is CS(=O)(=O)CCOc1cccc(N2CCC(N)CC2)c1. The molecule has 2 N–H and O–H groups in total. The van der Waals surface area contributed by atoms with Gasteiger partial charge in [0.15, 0.2) is 9.84 Å². The van der Waals surface area contributed by atoms with Gasteiger partial charge in [0.1, 0.15) is 12.4 Å². The Morgan fingerprint density at radius 3 is 2.70 bits per heavy atom. The lowest BCUT2D eigenvalue weighted by atomic mass is 10.1. The Balaban J connectivity index is 1.94. The number of rotatable bonds is 5. The van der Waals surface area contributed by atoms with Gasteiger partial charge in [0, 0.05) is 37.1 Å². The lowest BCUT2D eigenvalue weighted by Crippen LogP contribution is -2.39. The summed E-state index contributed by atoms with van der Waals surface area (Å²) in [5.74, 6) is 0.747. The van der Waals surface area contributed by atoms with Gasteiger partial charge in [-0.3, -0.25) is 0 Å². The molecule has 0 atom stereocenters. The van der Waals surface area contributed by atoms with E-state index in [-0.39, 0.29) is 12.4 Å². The molecule has 1 fully saturated rings. The van der Waals surface area contributed by atoms with Crippen LogP contribution in [0.1, 0.15) is 12.8 Å². The lowest BCUT2D eigenvalue weighted by Gasteiger charge is -2.32. The Morgan fingerprint density at radius 1 is 1.35 bits per heavy atom. The third-order valence-electron chi connectivity index (χ3n) is 3.45. The molecular weight excluding hydrogens is 276 g/mol. The van der Waals surface area contributed by atoms with Gasteiger partial charge in [-0.05, 0) is 25.0 Å². The van der Waals surface area contributed by atoms with Gasteiger partial charge >= 0.3 is 0 Å². The Kier molecular flexibility index (Phi) is 4.88. The molecule has 0 aliphatic carbocycles. The monoisotopic (exact) mass is 298 g/mol. The summed E-state index contributed by atoms with van der Waals surface area (Å²) in [5, 5.41) is 0. The average Bonchev–Trinajstić information content (AvgIpc) is 2.38. The predicted octanol–water partition coefficient (Wildman–Crippen LogP) is 1.04. The molecule has 20 heavy (non-hydrogen) atoms. The number of nitrogens with two attached hydrogens (primary N) is 1. The number of nitrogens with zero attached hydrogens (tertiary/aromatic N) is 1. The standard InChI is InChI=1S/C14H22N2O3S/c1-20(17,18)10-9-19-14-4-2-3-13(11-14)16-7-5-12(15)6-8-16/h2-4,11-12H,5-10,15H2,1H3. The second-order valence-electron chi connectivity index (χ2n) is 5.30. The van der Waals surface area contributed by atoms with Crippen LogP contribution in [0.3, 0.4) is 0 Å². The van der Waals surface area contributed by atoms with E-state index in [2.05, 4.69) is 4.90 Å². The molecule has 112 valence electrons. The number of piperidine rings is 1. The van der Waals surface area contributed by atoms with Crippen LogP contribution in [-0.2, 0) is 9.84 Å². The summed E-state index contributed by atoms with van der Waals surface area (Å²) in [6.45, 7) is 2.09. The van der Waals surface area contributed by atoms with Crippen LogP contribution in [0, 0.1) is 0 Å². The van der Waals surface area contributed by atoms with Crippen molar-refractivity contribution in [3.8, 4) is 5.75 Å². The molecule has 0 aromatic heterocycles. The van der Waals surface area contributed by atoms with E-state index >= 15 is 0 Å². The van der Waals surface area contributed by atoms with Gasteiger partial charge in [-0.25, -0.2) is 8.42 Å². The molecule has 0 spiro atoms. The Morgan fingerprint density at radius 2 is 2.05 bits per heavy atom. The summed E-state index contributed by atoms with van der Waals surface area (Å²) >= 11 is 0. The minimum Gasteiger partial charge on any atom is -0.492 e. The quantitative estimate of drug-likeness (QED) is 0.879. The Bertz CT molecular complexity index is 537. The topological polar surface area (TPSA) is 72.6 Å². The van der Waals surface area contributed by atoms with E-state index < -0.39 is 9.84 Å². The van der Waals surface area contributed by atoms with Crippen LogP contribution < -0.4 is 15.4 Å². The zero-order valence-corrected chi connectivity index (χ0v) is 12.6. The zero-order valence-electron chi connectivity index (χ0n) is 11.8. The fourth-order valence-electron chi connectivity index (χ4n) is 2.24. The number of hydrogen-bond donors (Lipinski definition) is 1. The van der Waals surface area contributed by atoms with Crippen molar-refractivity contribution in [2.75, 3.05) is 36.6 Å². The highest BCUT2D eigenvalue weighted by molar-refractivity contribution is 7.90. The van der Waals surface area contributed by atoms with E-state index in [1.807, 2.05) is 24.3 Å². The largest absolute Gasteiger partial charge is 0.492 e. The maximum atomic E-state index is 11.1. The molecule has 0 unspecified atom stereocenters. The lowest BCUT2D eigenvalue weighted by molar-refractivity contribution is 0.341. The predicted molar refractivity (Wildman–Crippen MR) is 81.1 cm³/mol. The van der Waals surface area contributed by atoms with Crippen LogP contribution in [0.25, 0.3) is 0 Å². The molecule has 1 aliphatic rings. The third-order valence-corrected chi connectivity index (χ3v) is 4.35. The fraction of sp³-hybridized carbons (Fsp3) is 0.571. The Labute approximate surface area is 120 Å². The van der Waals surface area contributed by atoms with Crippen LogP contribution in [0.15, 0.2) is 24.3 Å². The maximum Gasteiger partial charge on any atom is 0.150 e. The first-order valence-electron chi connectivity index (χ1n) is 6.85. The van der Waals surface area contributed by atoms with Crippen LogP contribution >= 0.6 is 0 Å². The molecule has 1 aromatic carbocycles. The first-order chi connectivity index (χ1) is 9.44. The highest BCUT2D eigenvalue weighted by Gasteiger charge is 2.16. The number of benzene rings is 1. The summed E-state index contributed by atoms with van der Waals surface area (Å²) in [6.07, 6.45) is 3.21. The number of sulfone groups is 1. The molecule has 0 radical (unpaired) electrons. The molecule has 1 saturated heterocycles. The molecule has 0 bridgehead atoms. The van der Waals surface area contributed by atoms with Crippen molar-refractivity contribution in [2.45, 2.75) is 18.9 Å². The number of anilines is 1. The first kappa shape index (κ1) is 15.1. The van der Waals surface area contributed by atoms with Gasteiger partial charge in [-0.1, -0.05) is 6.07 Å². The minimum absolute atomic E-state index is 0.0375. The van der Waals surface area contributed by atoms with Gasteiger partial charge in [-0.15, -0.1) is 0 Å². The van der Waals surface area contributed by atoms with Gasteiger partial charge in [0.05, 0.1) is 5.75 Å². The van der Waals surface area contributed by atoms with Crippen molar-refractivity contribution in [1.29, 1.82) is 0 Å². The van der Waals surface area contributed by atoms with Crippen LogP contribution in [0.5, 0.6) is 5.75 Å². The first-order valence-corrected chi connectivity index (χ1v) is 8.91. The van der Waals surface area contributed by atoms with Crippen molar-refractivity contribution in [2.24, 2.45) is 5.73 Å². The zero-order chi connectivity index (χ0) is 14.6. The molecular formula is C14H22N2O3S. The van der Waals surface area contributed by atoms with Gasteiger partial charge in [0.25, 0.3) is 0 Å². The third kappa shape index (κ3) is 4.68. The highest BCUT2D eigenvalue weighted by atomic mass is 32.2. The van der Waals surface area contributed by atoms with Crippen LogP contribution in [0.4, 0.5) is 5.69 Å².